The first kappa shape index (κ1) is 17.1. The van der Waals surface area contributed by atoms with Gasteiger partial charge in [-0.1, -0.05) is 6.42 Å². The Balaban J connectivity index is 1.18. The highest BCUT2D eigenvalue weighted by molar-refractivity contribution is 5.58. The zero-order chi connectivity index (χ0) is 18.1. The van der Waals surface area contributed by atoms with Gasteiger partial charge in [0.25, 0.3) is 0 Å². The van der Waals surface area contributed by atoms with Crippen molar-refractivity contribution in [3.8, 4) is 11.3 Å². The summed E-state index contributed by atoms with van der Waals surface area (Å²) in [7, 11) is 0. The first-order chi connectivity index (χ1) is 13.3. The molecule has 5 rings (SSSR count). The van der Waals surface area contributed by atoms with E-state index in [0.717, 1.165) is 36.2 Å². The molecule has 0 bridgehead atoms. The second kappa shape index (κ2) is 7.19. The summed E-state index contributed by atoms with van der Waals surface area (Å²) in [6.07, 6.45) is 13.3. The van der Waals surface area contributed by atoms with Crippen LogP contribution in [-0.4, -0.2) is 52.3 Å². The molecule has 0 unspecified atom stereocenters. The standard InChI is InChI=1S/C22H29N5/c1-2-19(3-1)26-14-8-22(9-15-26)10-16-27(17-11-22)21-5-4-20(24-25-21)18-6-12-23-13-7-18/h4-7,12-13,19H,1-3,8-11,14-17H2. The minimum atomic E-state index is 0.584. The monoisotopic (exact) mass is 363 g/mol. The number of piperidine rings is 2. The molecule has 0 radical (unpaired) electrons. The Bertz CT molecular complexity index is 738. The summed E-state index contributed by atoms with van der Waals surface area (Å²) in [5.74, 6) is 1.02. The largest absolute Gasteiger partial charge is 0.355 e. The number of nitrogens with zero attached hydrogens (tertiary/aromatic N) is 5. The molecule has 2 aliphatic heterocycles. The van der Waals surface area contributed by atoms with E-state index in [9.17, 15) is 0 Å². The molecule has 0 atom stereocenters. The van der Waals surface area contributed by atoms with E-state index in [4.69, 9.17) is 0 Å². The summed E-state index contributed by atoms with van der Waals surface area (Å²) in [5, 5.41) is 8.96. The van der Waals surface area contributed by atoms with Crippen molar-refractivity contribution in [2.75, 3.05) is 31.1 Å². The Morgan fingerprint density at radius 1 is 0.815 bits per heavy atom. The van der Waals surface area contributed by atoms with Crippen molar-refractivity contribution >= 4 is 5.82 Å². The highest BCUT2D eigenvalue weighted by atomic mass is 15.3. The number of likely N-dealkylation sites (tertiary alicyclic amines) is 1. The molecular formula is C22H29N5. The third kappa shape index (κ3) is 3.45. The quantitative estimate of drug-likeness (QED) is 0.830. The smallest absolute Gasteiger partial charge is 0.151 e. The summed E-state index contributed by atoms with van der Waals surface area (Å²) in [4.78, 5) is 9.26. The van der Waals surface area contributed by atoms with Gasteiger partial charge >= 0.3 is 0 Å². The van der Waals surface area contributed by atoms with E-state index in [1.54, 1.807) is 12.4 Å². The van der Waals surface area contributed by atoms with Gasteiger partial charge in [-0.2, -0.15) is 0 Å². The van der Waals surface area contributed by atoms with Gasteiger partial charge in [0, 0.05) is 37.1 Å². The number of anilines is 1. The maximum absolute atomic E-state index is 4.51. The predicted octanol–water partition coefficient (Wildman–Crippen LogP) is 3.77. The van der Waals surface area contributed by atoms with Gasteiger partial charge in [-0.15, -0.1) is 10.2 Å². The van der Waals surface area contributed by atoms with Crippen LogP contribution in [0.2, 0.25) is 0 Å². The van der Waals surface area contributed by atoms with Crippen LogP contribution in [0.4, 0.5) is 5.82 Å². The molecular weight excluding hydrogens is 334 g/mol. The lowest BCUT2D eigenvalue weighted by Gasteiger charge is -2.50. The minimum absolute atomic E-state index is 0.584. The number of pyridine rings is 1. The van der Waals surface area contributed by atoms with Gasteiger partial charge in [0.2, 0.25) is 0 Å². The van der Waals surface area contributed by atoms with Crippen LogP contribution in [0.25, 0.3) is 11.3 Å². The van der Waals surface area contributed by atoms with Gasteiger partial charge in [0.1, 0.15) is 0 Å². The number of aromatic nitrogens is 3. The van der Waals surface area contributed by atoms with Crippen LogP contribution in [0.5, 0.6) is 0 Å². The molecule has 3 fully saturated rings. The van der Waals surface area contributed by atoms with E-state index in [1.807, 2.05) is 12.1 Å². The molecule has 2 aromatic rings. The fraction of sp³-hybridized carbons (Fsp3) is 0.591. The third-order valence-electron chi connectivity index (χ3n) is 7.22. The fourth-order valence-corrected chi connectivity index (χ4v) is 5.00. The van der Waals surface area contributed by atoms with E-state index in [2.05, 4.69) is 37.1 Å². The molecule has 27 heavy (non-hydrogen) atoms. The van der Waals surface area contributed by atoms with E-state index in [1.165, 1.54) is 58.0 Å². The van der Waals surface area contributed by atoms with Crippen molar-refractivity contribution in [2.45, 2.75) is 51.0 Å². The summed E-state index contributed by atoms with van der Waals surface area (Å²) in [5.41, 5.74) is 2.57. The third-order valence-corrected chi connectivity index (χ3v) is 7.22. The molecule has 4 heterocycles. The molecule has 0 aromatic carbocycles. The van der Waals surface area contributed by atoms with Gasteiger partial charge in [-0.3, -0.25) is 4.98 Å². The zero-order valence-electron chi connectivity index (χ0n) is 16.1. The van der Waals surface area contributed by atoms with Gasteiger partial charge in [-0.25, -0.2) is 0 Å². The second-order valence-corrected chi connectivity index (χ2v) is 8.62. The average molecular weight is 364 g/mol. The highest BCUT2D eigenvalue weighted by Gasteiger charge is 2.39. The minimum Gasteiger partial charge on any atom is -0.355 e. The normalized spacial score (nSPS) is 23.3. The van der Waals surface area contributed by atoms with Crippen LogP contribution in [-0.2, 0) is 0 Å². The Kier molecular flexibility index (Phi) is 4.56. The van der Waals surface area contributed by atoms with Gasteiger partial charge < -0.3 is 9.80 Å². The maximum Gasteiger partial charge on any atom is 0.151 e. The predicted molar refractivity (Wildman–Crippen MR) is 108 cm³/mol. The van der Waals surface area contributed by atoms with Crippen molar-refractivity contribution in [3.05, 3.63) is 36.7 Å². The maximum atomic E-state index is 4.51. The molecule has 2 saturated heterocycles. The van der Waals surface area contributed by atoms with Crippen LogP contribution in [0, 0.1) is 5.41 Å². The average Bonchev–Trinajstić information content (AvgIpc) is 2.70. The number of hydrogen-bond donors (Lipinski definition) is 0. The van der Waals surface area contributed by atoms with E-state index in [-0.39, 0.29) is 0 Å². The van der Waals surface area contributed by atoms with Gasteiger partial charge in [0.15, 0.2) is 5.82 Å². The highest BCUT2D eigenvalue weighted by Crippen LogP contribution is 2.43. The molecule has 0 amide bonds. The zero-order valence-corrected chi connectivity index (χ0v) is 16.1. The first-order valence-electron chi connectivity index (χ1n) is 10.5. The molecule has 5 heteroatoms. The Morgan fingerprint density at radius 3 is 2.11 bits per heavy atom. The molecule has 0 N–H and O–H groups in total. The van der Waals surface area contributed by atoms with Crippen molar-refractivity contribution in [3.63, 3.8) is 0 Å². The van der Waals surface area contributed by atoms with E-state index in [0.29, 0.717) is 5.41 Å². The molecule has 1 aliphatic carbocycles. The lowest BCUT2D eigenvalue weighted by molar-refractivity contribution is 0.0305. The van der Waals surface area contributed by atoms with E-state index >= 15 is 0 Å². The van der Waals surface area contributed by atoms with Crippen LogP contribution in [0.15, 0.2) is 36.7 Å². The van der Waals surface area contributed by atoms with E-state index < -0.39 is 0 Å². The molecule has 3 aliphatic rings. The molecule has 1 saturated carbocycles. The van der Waals surface area contributed by atoms with Crippen molar-refractivity contribution < 1.29 is 0 Å². The molecule has 5 nitrogen and oxygen atoms in total. The Morgan fingerprint density at radius 2 is 1.52 bits per heavy atom. The van der Waals surface area contributed by atoms with Crippen LogP contribution in [0.1, 0.15) is 44.9 Å². The van der Waals surface area contributed by atoms with Crippen molar-refractivity contribution in [1.29, 1.82) is 0 Å². The summed E-state index contributed by atoms with van der Waals surface area (Å²) in [6.45, 7) is 4.88. The van der Waals surface area contributed by atoms with Gasteiger partial charge in [-0.05, 0) is 81.3 Å². The number of rotatable bonds is 3. The summed E-state index contributed by atoms with van der Waals surface area (Å²) in [6, 6.07) is 9.07. The van der Waals surface area contributed by atoms with Crippen LogP contribution < -0.4 is 4.90 Å². The van der Waals surface area contributed by atoms with Crippen LogP contribution >= 0.6 is 0 Å². The fourth-order valence-electron chi connectivity index (χ4n) is 5.00. The topological polar surface area (TPSA) is 45.2 Å². The Hall–Kier alpha value is -2.01. The molecule has 142 valence electrons. The number of hydrogen-bond acceptors (Lipinski definition) is 5. The molecule has 2 aromatic heterocycles. The summed E-state index contributed by atoms with van der Waals surface area (Å²) < 4.78 is 0. The lowest BCUT2D eigenvalue weighted by atomic mass is 9.70. The van der Waals surface area contributed by atoms with Gasteiger partial charge in [0.05, 0.1) is 5.69 Å². The SMILES string of the molecule is c1cc(-c2ccc(N3CCC4(CC3)CCN(C3CCC3)CC4)nn2)ccn1. The summed E-state index contributed by atoms with van der Waals surface area (Å²) >= 11 is 0. The Labute approximate surface area is 161 Å². The van der Waals surface area contributed by atoms with Crippen molar-refractivity contribution in [2.24, 2.45) is 5.41 Å². The van der Waals surface area contributed by atoms with Crippen molar-refractivity contribution in [1.82, 2.24) is 20.1 Å². The second-order valence-electron chi connectivity index (χ2n) is 8.62. The van der Waals surface area contributed by atoms with Crippen LogP contribution in [0.3, 0.4) is 0 Å². The molecule has 1 spiro atoms. The lowest BCUT2D eigenvalue weighted by Crippen LogP contribution is -2.51. The first-order valence-corrected chi connectivity index (χ1v) is 10.5.